The van der Waals surface area contributed by atoms with E-state index in [1.807, 2.05) is 6.92 Å². The molecule has 0 aromatic heterocycles. The summed E-state index contributed by atoms with van der Waals surface area (Å²) in [6.45, 7) is 4.82. The summed E-state index contributed by atoms with van der Waals surface area (Å²) in [4.78, 5) is 10.9. The number of unbranched alkanes of at least 4 members (excludes halogenated alkanes) is 1. The SMILES string of the molecule is CCCCOc1c(Cl)cc(C(=O)O)cc1OCC. The molecule has 4 nitrogen and oxygen atoms in total. The fourth-order valence-corrected chi connectivity index (χ4v) is 1.68. The number of carboxylic acid groups (broad SMARTS) is 1. The fourth-order valence-electron chi connectivity index (χ4n) is 1.41. The number of benzene rings is 1. The maximum absolute atomic E-state index is 10.9. The van der Waals surface area contributed by atoms with Crippen molar-refractivity contribution >= 4 is 17.6 Å². The molecule has 0 atom stereocenters. The lowest BCUT2D eigenvalue weighted by Gasteiger charge is -2.14. The van der Waals surface area contributed by atoms with Gasteiger partial charge in [0.05, 0.1) is 23.8 Å². The zero-order valence-electron chi connectivity index (χ0n) is 10.5. The second kappa shape index (κ2) is 7.11. The van der Waals surface area contributed by atoms with E-state index >= 15 is 0 Å². The van der Waals surface area contributed by atoms with Gasteiger partial charge in [0, 0.05) is 0 Å². The first-order valence-corrected chi connectivity index (χ1v) is 6.30. The van der Waals surface area contributed by atoms with Crippen LogP contribution in [-0.2, 0) is 0 Å². The second-order valence-corrected chi connectivity index (χ2v) is 4.13. The number of ether oxygens (including phenoxy) is 2. The monoisotopic (exact) mass is 272 g/mol. The highest BCUT2D eigenvalue weighted by Gasteiger charge is 2.15. The summed E-state index contributed by atoms with van der Waals surface area (Å²) in [5, 5.41) is 9.21. The summed E-state index contributed by atoms with van der Waals surface area (Å²) in [5.74, 6) is -0.256. The van der Waals surface area contributed by atoms with Crippen molar-refractivity contribution in [1.29, 1.82) is 0 Å². The highest BCUT2D eigenvalue weighted by atomic mass is 35.5. The molecule has 0 fully saturated rings. The van der Waals surface area contributed by atoms with Gasteiger partial charge in [-0.1, -0.05) is 24.9 Å². The maximum Gasteiger partial charge on any atom is 0.335 e. The molecule has 100 valence electrons. The summed E-state index contributed by atoms with van der Waals surface area (Å²) >= 11 is 6.02. The quantitative estimate of drug-likeness (QED) is 0.770. The molecule has 0 bridgehead atoms. The molecular weight excluding hydrogens is 256 g/mol. The molecule has 0 spiro atoms. The topological polar surface area (TPSA) is 55.8 Å². The van der Waals surface area contributed by atoms with Crippen LogP contribution in [0.2, 0.25) is 5.02 Å². The van der Waals surface area contributed by atoms with E-state index in [0.717, 1.165) is 12.8 Å². The fraction of sp³-hybridized carbons (Fsp3) is 0.462. The molecule has 0 aliphatic carbocycles. The minimum atomic E-state index is -1.04. The first kappa shape index (κ1) is 14.6. The van der Waals surface area contributed by atoms with Gasteiger partial charge in [-0.2, -0.15) is 0 Å². The van der Waals surface area contributed by atoms with Crippen molar-refractivity contribution in [1.82, 2.24) is 0 Å². The Morgan fingerprint density at radius 1 is 1.33 bits per heavy atom. The minimum absolute atomic E-state index is 0.0892. The van der Waals surface area contributed by atoms with Crippen LogP contribution < -0.4 is 9.47 Å². The Hall–Kier alpha value is -1.42. The summed E-state index contributed by atoms with van der Waals surface area (Å²) in [5.41, 5.74) is 0.0892. The van der Waals surface area contributed by atoms with E-state index in [9.17, 15) is 4.79 Å². The number of carbonyl (C=O) groups is 1. The number of hydrogen-bond donors (Lipinski definition) is 1. The molecular formula is C13H17ClO4. The van der Waals surface area contributed by atoms with Crippen molar-refractivity contribution in [2.75, 3.05) is 13.2 Å². The lowest BCUT2D eigenvalue weighted by atomic mass is 10.2. The molecule has 0 aliphatic heterocycles. The van der Waals surface area contributed by atoms with E-state index in [2.05, 4.69) is 6.92 Å². The predicted molar refractivity (Wildman–Crippen MR) is 70.0 cm³/mol. The van der Waals surface area contributed by atoms with Crippen molar-refractivity contribution in [3.05, 3.63) is 22.7 Å². The van der Waals surface area contributed by atoms with Crippen molar-refractivity contribution in [3.63, 3.8) is 0 Å². The molecule has 5 heteroatoms. The van der Waals surface area contributed by atoms with E-state index in [1.54, 1.807) is 0 Å². The van der Waals surface area contributed by atoms with Crippen LogP contribution in [0.1, 0.15) is 37.0 Å². The van der Waals surface area contributed by atoms with Crippen LogP contribution >= 0.6 is 11.6 Å². The van der Waals surface area contributed by atoms with Gasteiger partial charge in [-0.3, -0.25) is 0 Å². The molecule has 18 heavy (non-hydrogen) atoms. The Morgan fingerprint density at radius 3 is 2.61 bits per heavy atom. The average molecular weight is 273 g/mol. The Bertz CT molecular complexity index is 418. The van der Waals surface area contributed by atoms with Gasteiger partial charge in [0.2, 0.25) is 0 Å². The lowest BCUT2D eigenvalue weighted by Crippen LogP contribution is -2.04. The third-order valence-electron chi connectivity index (χ3n) is 2.30. The van der Waals surface area contributed by atoms with E-state index < -0.39 is 5.97 Å². The van der Waals surface area contributed by atoms with Crippen molar-refractivity contribution in [3.8, 4) is 11.5 Å². The Balaban J connectivity index is 3.02. The maximum atomic E-state index is 10.9. The summed E-state index contributed by atoms with van der Waals surface area (Å²) in [7, 11) is 0. The molecule has 0 heterocycles. The normalized spacial score (nSPS) is 10.2. The molecule has 0 amide bonds. The molecule has 1 aromatic carbocycles. The largest absolute Gasteiger partial charge is 0.490 e. The third kappa shape index (κ3) is 3.81. The molecule has 1 rings (SSSR count). The van der Waals surface area contributed by atoms with Gasteiger partial charge in [0.25, 0.3) is 0 Å². The van der Waals surface area contributed by atoms with Crippen LogP contribution in [0.25, 0.3) is 0 Å². The van der Waals surface area contributed by atoms with E-state index in [4.69, 9.17) is 26.2 Å². The van der Waals surface area contributed by atoms with Gasteiger partial charge in [0.15, 0.2) is 11.5 Å². The standard InChI is InChI=1S/C13H17ClO4/c1-3-5-6-18-12-10(14)7-9(13(15)16)8-11(12)17-4-2/h7-8H,3-6H2,1-2H3,(H,15,16). The third-order valence-corrected chi connectivity index (χ3v) is 2.58. The van der Waals surface area contributed by atoms with Gasteiger partial charge in [-0.05, 0) is 25.5 Å². The smallest absolute Gasteiger partial charge is 0.335 e. The summed E-state index contributed by atoms with van der Waals surface area (Å²) in [6, 6.07) is 2.80. The van der Waals surface area contributed by atoms with Crippen LogP contribution in [-0.4, -0.2) is 24.3 Å². The van der Waals surface area contributed by atoms with E-state index in [1.165, 1.54) is 12.1 Å². The van der Waals surface area contributed by atoms with Crippen LogP contribution in [0.15, 0.2) is 12.1 Å². The zero-order valence-corrected chi connectivity index (χ0v) is 11.3. The highest BCUT2D eigenvalue weighted by molar-refractivity contribution is 6.32. The predicted octanol–water partition coefficient (Wildman–Crippen LogP) is 3.62. The van der Waals surface area contributed by atoms with Crippen molar-refractivity contribution < 1.29 is 19.4 Å². The lowest BCUT2D eigenvalue weighted by molar-refractivity contribution is 0.0696. The van der Waals surface area contributed by atoms with Crippen LogP contribution in [0.4, 0.5) is 0 Å². The van der Waals surface area contributed by atoms with E-state index in [0.29, 0.717) is 24.7 Å². The Kier molecular flexibility index (Phi) is 5.78. The second-order valence-electron chi connectivity index (χ2n) is 3.73. The van der Waals surface area contributed by atoms with Gasteiger partial charge in [-0.25, -0.2) is 4.79 Å². The molecule has 1 N–H and O–H groups in total. The number of carboxylic acids is 1. The Morgan fingerprint density at radius 2 is 2.06 bits per heavy atom. The molecule has 1 aromatic rings. The van der Waals surface area contributed by atoms with Crippen LogP contribution in [0, 0.1) is 0 Å². The number of rotatable bonds is 7. The van der Waals surface area contributed by atoms with Gasteiger partial charge >= 0.3 is 5.97 Å². The number of aromatic carboxylic acids is 1. The molecule has 0 saturated carbocycles. The zero-order chi connectivity index (χ0) is 13.5. The summed E-state index contributed by atoms with van der Waals surface area (Å²) in [6.07, 6.45) is 1.91. The number of hydrogen-bond acceptors (Lipinski definition) is 3. The van der Waals surface area contributed by atoms with Gasteiger partial charge in [0.1, 0.15) is 0 Å². The van der Waals surface area contributed by atoms with Crippen LogP contribution in [0.3, 0.4) is 0 Å². The number of halogens is 1. The van der Waals surface area contributed by atoms with Gasteiger partial charge in [-0.15, -0.1) is 0 Å². The van der Waals surface area contributed by atoms with Gasteiger partial charge < -0.3 is 14.6 Å². The first-order valence-electron chi connectivity index (χ1n) is 5.92. The molecule has 0 saturated heterocycles. The van der Waals surface area contributed by atoms with E-state index in [-0.39, 0.29) is 10.6 Å². The molecule has 0 radical (unpaired) electrons. The van der Waals surface area contributed by atoms with Crippen molar-refractivity contribution in [2.24, 2.45) is 0 Å². The minimum Gasteiger partial charge on any atom is -0.490 e. The summed E-state index contributed by atoms with van der Waals surface area (Å²) < 4.78 is 10.9. The van der Waals surface area contributed by atoms with Crippen LogP contribution in [0.5, 0.6) is 11.5 Å². The molecule has 0 unspecified atom stereocenters. The average Bonchev–Trinajstić information content (AvgIpc) is 2.32. The first-order chi connectivity index (χ1) is 8.60. The molecule has 0 aliphatic rings. The van der Waals surface area contributed by atoms with Crippen molar-refractivity contribution in [2.45, 2.75) is 26.7 Å². The Labute approximate surface area is 111 Å². The highest BCUT2D eigenvalue weighted by Crippen LogP contribution is 2.36.